The van der Waals surface area contributed by atoms with Gasteiger partial charge in [-0.25, -0.2) is 4.98 Å². The molecule has 17 heavy (non-hydrogen) atoms. The lowest BCUT2D eigenvalue weighted by Gasteiger charge is -2.20. The highest BCUT2D eigenvalue weighted by atomic mass is 16.5. The van der Waals surface area contributed by atoms with Crippen LogP contribution in [-0.2, 0) is 4.74 Å². The maximum absolute atomic E-state index is 5.79. The van der Waals surface area contributed by atoms with Crippen molar-refractivity contribution in [2.75, 3.05) is 17.7 Å². The second-order valence-corrected chi connectivity index (χ2v) is 4.97. The first-order chi connectivity index (χ1) is 8.22. The molecule has 2 aliphatic rings. The van der Waals surface area contributed by atoms with E-state index in [0.717, 1.165) is 30.5 Å². The summed E-state index contributed by atoms with van der Waals surface area (Å²) in [4.78, 5) is 8.28. The second kappa shape index (κ2) is 4.14. The van der Waals surface area contributed by atoms with E-state index in [1.165, 1.54) is 12.8 Å². The van der Waals surface area contributed by atoms with Crippen LogP contribution in [0.2, 0.25) is 0 Å². The first-order valence-electron chi connectivity index (χ1n) is 6.21. The van der Waals surface area contributed by atoms with E-state index < -0.39 is 0 Å². The smallest absolute Gasteiger partial charge is 0.222 e. The molecule has 1 aromatic heterocycles. The molecule has 2 unspecified atom stereocenters. The molecule has 3 rings (SSSR count). The fourth-order valence-corrected chi connectivity index (χ4v) is 2.51. The Labute approximate surface area is 101 Å². The zero-order valence-electron chi connectivity index (χ0n) is 10.0. The number of hydrogen-bond acceptors (Lipinski definition) is 5. The summed E-state index contributed by atoms with van der Waals surface area (Å²) in [5, 5.41) is 3.44. The van der Waals surface area contributed by atoms with Gasteiger partial charge in [0.25, 0.3) is 0 Å². The van der Waals surface area contributed by atoms with E-state index in [1.54, 1.807) is 0 Å². The van der Waals surface area contributed by atoms with Crippen molar-refractivity contribution in [2.45, 2.75) is 38.3 Å². The lowest BCUT2D eigenvalue weighted by molar-refractivity contribution is 0.0898. The highest BCUT2D eigenvalue weighted by Crippen LogP contribution is 2.39. The molecule has 0 bridgehead atoms. The molecule has 1 saturated heterocycles. The van der Waals surface area contributed by atoms with Crippen molar-refractivity contribution in [3.8, 4) is 0 Å². The van der Waals surface area contributed by atoms with Crippen molar-refractivity contribution < 1.29 is 4.74 Å². The van der Waals surface area contributed by atoms with Gasteiger partial charge in [-0.2, -0.15) is 4.98 Å². The van der Waals surface area contributed by atoms with Crippen LogP contribution in [0.15, 0.2) is 6.07 Å². The summed E-state index contributed by atoms with van der Waals surface area (Å²) >= 11 is 0. The number of nitrogens with one attached hydrogen (secondary N) is 1. The summed E-state index contributed by atoms with van der Waals surface area (Å²) < 4.78 is 5.79. The van der Waals surface area contributed by atoms with Crippen LogP contribution in [0, 0.1) is 12.8 Å². The summed E-state index contributed by atoms with van der Waals surface area (Å²) in [6, 6.07) is 2.30. The maximum Gasteiger partial charge on any atom is 0.222 e. The molecule has 1 aliphatic heterocycles. The van der Waals surface area contributed by atoms with Crippen molar-refractivity contribution in [2.24, 2.45) is 5.92 Å². The summed E-state index contributed by atoms with van der Waals surface area (Å²) in [5.41, 5.74) is 6.54. The molecule has 3 N–H and O–H groups in total. The number of aromatic nitrogens is 2. The normalized spacial score (nSPS) is 28.3. The quantitative estimate of drug-likeness (QED) is 0.825. The van der Waals surface area contributed by atoms with Crippen molar-refractivity contribution in [1.29, 1.82) is 0 Å². The number of hydrogen-bond donors (Lipinski definition) is 2. The molecule has 1 saturated carbocycles. The van der Waals surface area contributed by atoms with E-state index in [-0.39, 0.29) is 0 Å². The van der Waals surface area contributed by atoms with Crippen LogP contribution in [0.5, 0.6) is 0 Å². The molecule has 0 spiro atoms. The van der Waals surface area contributed by atoms with E-state index in [0.29, 0.717) is 18.1 Å². The summed E-state index contributed by atoms with van der Waals surface area (Å²) in [5.74, 6) is 1.89. The Bertz CT molecular complexity index is 399. The van der Waals surface area contributed by atoms with Crippen LogP contribution in [-0.4, -0.2) is 28.7 Å². The van der Waals surface area contributed by atoms with Crippen molar-refractivity contribution >= 4 is 11.8 Å². The Kier molecular flexibility index (Phi) is 2.63. The third kappa shape index (κ3) is 2.34. The molecule has 1 aromatic rings. The first kappa shape index (κ1) is 10.8. The lowest BCUT2D eigenvalue weighted by atomic mass is 10.1. The van der Waals surface area contributed by atoms with Crippen LogP contribution in [0.25, 0.3) is 0 Å². The number of nitrogens with zero attached hydrogens (tertiary/aromatic N) is 2. The monoisotopic (exact) mass is 234 g/mol. The van der Waals surface area contributed by atoms with Gasteiger partial charge in [0.15, 0.2) is 0 Å². The zero-order chi connectivity index (χ0) is 11.8. The molecular formula is C12H18N4O. The van der Waals surface area contributed by atoms with Gasteiger partial charge in [-0.15, -0.1) is 0 Å². The average molecular weight is 234 g/mol. The predicted molar refractivity (Wildman–Crippen MR) is 65.7 cm³/mol. The molecular weight excluding hydrogens is 216 g/mol. The molecule has 92 valence electrons. The summed E-state index contributed by atoms with van der Waals surface area (Å²) in [7, 11) is 0. The van der Waals surface area contributed by atoms with Gasteiger partial charge in [0.1, 0.15) is 5.82 Å². The Morgan fingerprint density at radius 3 is 2.88 bits per heavy atom. The third-order valence-corrected chi connectivity index (χ3v) is 3.43. The molecule has 0 radical (unpaired) electrons. The van der Waals surface area contributed by atoms with Gasteiger partial charge < -0.3 is 15.8 Å². The second-order valence-electron chi connectivity index (χ2n) is 4.97. The number of anilines is 2. The van der Waals surface area contributed by atoms with E-state index in [1.807, 2.05) is 13.0 Å². The maximum atomic E-state index is 5.79. The lowest BCUT2D eigenvalue weighted by Crippen LogP contribution is -2.31. The number of ether oxygens (including phenoxy) is 1. The van der Waals surface area contributed by atoms with Crippen LogP contribution < -0.4 is 11.1 Å². The molecule has 0 aromatic carbocycles. The van der Waals surface area contributed by atoms with Gasteiger partial charge >= 0.3 is 0 Å². The standard InChI is InChI=1S/C12H18N4O/c1-7-6-10(16-12(13)14-7)15-9-4-5-17-11(9)8-2-3-8/h6,8-9,11H,2-5H2,1H3,(H3,13,14,15,16). The topological polar surface area (TPSA) is 73.1 Å². The number of rotatable bonds is 3. The molecule has 1 aliphatic carbocycles. The SMILES string of the molecule is Cc1cc(NC2CCOC2C2CC2)nc(N)n1. The van der Waals surface area contributed by atoms with Crippen LogP contribution in [0.4, 0.5) is 11.8 Å². The molecule has 2 atom stereocenters. The Hall–Kier alpha value is -1.36. The van der Waals surface area contributed by atoms with Crippen LogP contribution in [0.1, 0.15) is 25.0 Å². The van der Waals surface area contributed by atoms with Gasteiger partial charge in [0.05, 0.1) is 12.1 Å². The van der Waals surface area contributed by atoms with Gasteiger partial charge in [0, 0.05) is 18.4 Å². The molecule has 5 nitrogen and oxygen atoms in total. The van der Waals surface area contributed by atoms with Crippen LogP contribution in [0.3, 0.4) is 0 Å². The summed E-state index contributed by atoms with van der Waals surface area (Å²) in [6.07, 6.45) is 4.00. The van der Waals surface area contributed by atoms with Gasteiger partial charge in [-0.1, -0.05) is 0 Å². The fraction of sp³-hybridized carbons (Fsp3) is 0.667. The van der Waals surface area contributed by atoms with Crippen molar-refractivity contribution in [3.63, 3.8) is 0 Å². The molecule has 5 heteroatoms. The highest BCUT2D eigenvalue weighted by Gasteiger charge is 2.40. The van der Waals surface area contributed by atoms with E-state index >= 15 is 0 Å². The van der Waals surface area contributed by atoms with Gasteiger partial charge in [-0.3, -0.25) is 0 Å². The predicted octanol–water partition coefficient (Wildman–Crippen LogP) is 1.35. The average Bonchev–Trinajstić information content (AvgIpc) is 2.99. The summed E-state index contributed by atoms with van der Waals surface area (Å²) in [6.45, 7) is 2.77. The highest BCUT2D eigenvalue weighted by molar-refractivity contribution is 5.41. The first-order valence-corrected chi connectivity index (χ1v) is 6.21. The minimum atomic E-state index is 0.328. The molecule has 2 fully saturated rings. The number of nitrogen functional groups attached to an aromatic ring is 1. The Morgan fingerprint density at radius 1 is 1.35 bits per heavy atom. The Morgan fingerprint density at radius 2 is 2.18 bits per heavy atom. The largest absolute Gasteiger partial charge is 0.376 e. The van der Waals surface area contributed by atoms with Crippen molar-refractivity contribution in [3.05, 3.63) is 11.8 Å². The van der Waals surface area contributed by atoms with Crippen LogP contribution >= 0.6 is 0 Å². The van der Waals surface area contributed by atoms with E-state index in [9.17, 15) is 0 Å². The molecule has 2 heterocycles. The third-order valence-electron chi connectivity index (χ3n) is 3.43. The number of nitrogens with two attached hydrogens (primary N) is 1. The number of aryl methyl sites for hydroxylation is 1. The van der Waals surface area contributed by atoms with E-state index in [4.69, 9.17) is 10.5 Å². The fourth-order valence-electron chi connectivity index (χ4n) is 2.51. The van der Waals surface area contributed by atoms with E-state index in [2.05, 4.69) is 15.3 Å². The minimum absolute atomic E-state index is 0.328. The zero-order valence-corrected chi connectivity index (χ0v) is 10.0. The van der Waals surface area contributed by atoms with Crippen molar-refractivity contribution in [1.82, 2.24) is 9.97 Å². The minimum Gasteiger partial charge on any atom is -0.376 e. The van der Waals surface area contributed by atoms with Gasteiger partial charge in [0.2, 0.25) is 5.95 Å². The van der Waals surface area contributed by atoms with Gasteiger partial charge in [-0.05, 0) is 32.1 Å². The molecule has 0 amide bonds. The Balaban J connectivity index is 1.72.